The number of anilines is 1. The first-order valence-electron chi connectivity index (χ1n) is 9.80. The van der Waals surface area contributed by atoms with Crippen molar-refractivity contribution >= 4 is 42.6 Å². The van der Waals surface area contributed by atoms with Crippen molar-refractivity contribution in [1.82, 2.24) is 9.29 Å². The molecule has 0 bridgehead atoms. The molecule has 164 valence electrons. The molecule has 4 rings (SSSR count). The van der Waals surface area contributed by atoms with E-state index in [1.54, 1.807) is 7.11 Å². The molecule has 1 aromatic heterocycles. The molecule has 1 saturated heterocycles. The summed E-state index contributed by atoms with van der Waals surface area (Å²) in [6, 6.07) is 8.48. The number of hydrogen-bond acceptors (Lipinski definition) is 6. The van der Waals surface area contributed by atoms with E-state index >= 15 is 0 Å². The number of carbonyl (C=O) groups excluding carboxylic acids is 1. The van der Waals surface area contributed by atoms with E-state index in [-0.39, 0.29) is 17.3 Å². The van der Waals surface area contributed by atoms with Crippen molar-refractivity contribution in [3.63, 3.8) is 0 Å². The summed E-state index contributed by atoms with van der Waals surface area (Å²) in [6.45, 7) is 2.35. The van der Waals surface area contributed by atoms with Crippen LogP contribution in [0.5, 0.6) is 5.75 Å². The third kappa shape index (κ3) is 4.28. The molecular formula is C21H22FN3O4S2. The summed E-state index contributed by atoms with van der Waals surface area (Å²) in [5.74, 6) is -0.641. The number of nitrogens with one attached hydrogen (secondary N) is 1. The Morgan fingerprint density at radius 2 is 2.00 bits per heavy atom. The second-order valence-corrected chi connectivity index (χ2v) is 10.4. The Kier molecular flexibility index (Phi) is 5.96. The van der Waals surface area contributed by atoms with E-state index < -0.39 is 21.8 Å². The number of nitrogens with zero attached hydrogens (tertiary/aromatic N) is 2. The predicted molar refractivity (Wildman–Crippen MR) is 117 cm³/mol. The number of hydrogen-bond donors (Lipinski definition) is 1. The van der Waals surface area contributed by atoms with E-state index in [1.165, 1.54) is 27.8 Å². The maximum Gasteiger partial charge on any atom is 0.243 e. The van der Waals surface area contributed by atoms with Gasteiger partial charge in [-0.25, -0.2) is 17.8 Å². The highest BCUT2D eigenvalue weighted by Gasteiger charge is 2.33. The van der Waals surface area contributed by atoms with Gasteiger partial charge in [-0.3, -0.25) is 4.79 Å². The molecule has 7 nitrogen and oxygen atoms in total. The molecule has 1 unspecified atom stereocenters. The topological polar surface area (TPSA) is 88.6 Å². The van der Waals surface area contributed by atoms with Gasteiger partial charge in [0.15, 0.2) is 5.13 Å². The van der Waals surface area contributed by atoms with Crippen molar-refractivity contribution < 1.29 is 22.3 Å². The first-order valence-corrected chi connectivity index (χ1v) is 12.1. The van der Waals surface area contributed by atoms with Gasteiger partial charge >= 0.3 is 0 Å². The molecule has 3 aromatic rings. The zero-order valence-electron chi connectivity index (χ0n) is 17.1. The van der Waals surface area contributed by atoms with Gasteiger partial charge in [0, 0.05) is 13.1 Å². The van der Waals surface area contributed by atoms with Gasteiger partial charge in [0.1, 0.15) is 17.1 Å². The van der Waals surface area contributed by atoms with E-state index in [9.17, 15) is 17.6 Å². The van der Waals surface area contributed by atoms with E-state index in [1.807, 2.05) is 19.1 Å². The van der Waals surface area contributed by atoms with E-state index in [0.717, 1.165) is 22.4 Å². The van der Waals surface area contributed by atoms with Gasteiger partial charge in [-0.1, -0.05) is 17.4 Å². The fourth-order valence-corrected chi connectivity index (χ4v) is 6.14. The van der Waals surface area contributed by atoms with Crippen LogP contribution in [0.2, 0.25) is 0 Å². The number of benzene rings is 2. The van der Waals surface area contributed by atoms with Gasteiger partial charge in [-0.2, -0.15) is 4.31 Å². The van der Waals surface area contributed by atoms with Crippen LogP contribution in [0.1, 0.15) is 18.4 Å². The Balaban J connectivity index is 1.51. The Labute approximate surface area is 183 Å². The number of methoxy groups -OCH3 is 1. The van der Waals surface area contributed by atoms with Crippen LogP contribution in [0.4, 0.5) is 9.52 Å². The molecule has 2 aromatic carbocycles. The predicted octanol–water partition coefficient (Wildman–Crippen LogP) is 3.79. The van der Waals surface area contributed by atoms with Crippen LogP contribution in [0, 0.1) is 18.7 Å². The first kappa shape index (κ1) is 21.7. The molecular weight excluding hydrogens is 441 g/mol. The SMILES string of the molecule is COc1ccc(C)c2sc(NC(=O)C3CCCN(S(=O)(=O)c4ccc(F)cc4)C3)nc12. The molecule has 1 aliphatic heterocycles. The van der Waals surface area contributed by atoms with Gasteiger partial charge in [0.05, 0.1) is 22.6 Å². The van der Waals surface area contributed by atoms with Crippen molar-refractivity contribution in [2.24, 2.45) is 5.92 Å². The third-order valence-electron chi connectivity index (χ3n) is 5.36. The molecule has 31 heavy (non-hydrogen) atoms. The molecule has 0 spiro atoms. The second kappa shape index (κ2) is 8.52. The maximum atomic E-state index is 13.2. The van der Waals surface area contributed by atoms with Crippen molar-refractivity contribution in [3.05, 3.63) is 47.8 Å². The summed E-state index contributed by atoms with van der Waals surface area (Å²) in [7, 11) is -2.23. The van der Waals surface area contributed by atoms with Crippen LogP contribution in [-0.4, -0.2) is 43.8 Å². The Morgan fingerprint density at radius 3 is 2.71 bits per heavy atom. The standard InChI is InChI=1S/C21H22FN3O4S2/c1-13-5-10-17(29-2)18-19(13)30-21(23-18)24-20(26)14-4-3-11-25(12-14)31(27,28)16-8-6-15(22)7-9-16/h5-10,14H,3-4,11-12H2,1-2H3,(H,23,24,26). The second-order valence-electron chi connectivity index (χ2n) is 7.43. The molecule has 1 N–H and O–H groups in total. The van der Waals surface area contributed by atoms with Crippen LogP contribution >= 0.6 is 11.3 Å². The van der Waals surface area contributed by atoms with Crippen molar-refractivity contribution in [2.75, 3.05) is 25.5 Å². The first-order chi connectivity index (χ1) is 14.8. The summed E-state index contributed by atoms with van der Waals surface area (Å²) in [4.78, 5) is 17.4. The molecule has 0 aliphatic carbocycles. The quantitative estimate of drug-likeness (QED) is 0.622. The molecule has 0 radical (unpaired) electrons. The fraction of sp³-hybridized carbons (Fsp3) is 0.333. The smallest absolute Gasteiger partial charge is 0.243 e. The number of sulfonamides is 1. The Morgan fingerprint density at radius 1 is 1.26 bits per heavy atom. The number of rotatable bonds is 5. The van der Waals surface area contributed by atoms with Gasteiger partial charge < -0.3 is 10.1 Å². The lowest BCUT2D eigenvalue weighted by Gasteiger charge is -2.31. The lowest BCUT2D eigenvalue weighted by Crippen LogP contribution is -2.43. The number of aryl methyl sites for hydroxylation is 1. The van der Waals surface area contributed by atoms with Crippen LogP contribution in [0.3, 0.4) is 0 Å². The van der Waals surface area contributed by atoms with Gasteiger partial charge in [-0.15, -0.1) is 0 Å². The molecule has 1 aliphatic rings. The fourth-order valence-electron chi connectivity index (χ4n) is 3.67. The highest BCUT2D eigenvalue weighted by atomic mass is 32.2. The number of ether oxygens (including phenoxy) is 1. The lowest BCUT2D eigenvalue weighted by atomic mass is 9.99. The summed E-state index contributed by atoms with van der Waals surface area (Å²) in [5.41, 5.74) is 1.72. The molecule has 2 heterocycles. The molecule has 1 fully saturated rings. The van der Waals surface area contributed by atoms with Crippen LogP contribution in [0.15, 0.2) is 41.3 Å². The third-order valence-corrected chi connectivity index (χ3v) is 8.35. The summed E-state index contributed by atoms with van der Waals surface area (Å²) >= 11 is 1.36. The number of fused-ring (bicyclic) bond motifs is 1. The van der Waals surface area contributed by atoms with Crippen molar-refractivity contribution in [2.45, 2.75) is 24.7 Å². The van der Waals surface area contributed by atoms with Gasteiger partial charge in [-0.05, 0) is 55.7 Å². The van der Waals surface area contributed by atoms with E-state index in [0.29, 0.717) is 35.8 Å². The van der Waals surface area contributed by atoms with Gasteiger partial charge in [0.2, 0.25) is 15.9 Å². The normalized spacial score (nSPS) is 17.6. The summed E-state index contributed by atoms with van der Waals surface area (Å²) in [5, 5.41) is 3.29. The van der Waals surface area contributed by atoms with E-state index in [2.05, 4.69) is 10.3 Å². The number of thiazole rings is 1. The minimum Gasteiger partial charge on any atom is -0.494 e. The zero-order valence-corrected chi connectivity index (χ0v) is 18.7. The van der Waals surface area contributed by atoms with Crippen LogP contribution < -0.4 is 10.1 Å². The number of aromatic nitrogens is 1. The minimum atomic E-state index is -3.80. The minimum absolute atomic E-state index is 0.0173. The average molecular weight is 464 g/mol. The van der Waals surface area contributed by atoms with Crippen molar-refractivity contribution in [1.29, 1.82) is 0 Å². The molecule has 1 amide bonds. The highest BCUT2D eigenvalue weighted by Crippen LogP contribution is 2.35. The Hall–Kier alpha value is -2.56. The number of halogens is 1. The largest absolute Gasteiger partial charge is 0.494 e. The van der Waals surface area contributed by atoms with E-state index in [4.69, 9.17) is 4.74 Å². The monoisotopic (exact) mass is 463 g/mol. The zero-order chi connectivity index (χ0) is 22.2. The number of carbonyl (C=O) groups is 1. The molecule has 1 atom stereocenters. The maximum absolute atomic E-state index is 13.2. The average Bonchev–Trinajstić information content (AvgIpc) is 3.19. The van der Waals surface area contributed by atoms with Crippen LogP contribution in [-0.2, 0) is 14.8 Å². The molecule has 0 saturated carbocycles. The number of piperidine rings is 1. The lowest BCUT2D eigenvalue weighted by molar-refractivity contribution is -0.120. The van der Waals surface area contributed by atoms with Crippen molar-refractivity contribution in [3.8, 4) is 5.75 Å². The van der Waals surface area contributed by atoms with Gasteiger partial charge in [0.25, 0.3) is 0 Å². The summed E-state index contributed by atoms with van der Waals surface area (Å²) < 4.78 is 46.5. The Bertz CT molecular complexity index is 1230. The summed E-state index contributed by atoms with van der Waals surface area (Å²) in [6.07, 6.45) is 1.14. The van der Waals surface area contributed by atoms with Crippen LogP contribution in [0.25, 0.3) is 10.2 Å². The molecule has 10 heteroatoms. The highest BCUT2D eigenvalue weighted by molar-refractivity contribution is 7.89. The number of amides is 1.